The van der Waals surface area contributed by atoms with Gasteiger partial charge < -0.3 is 10.5 Å². The van der Waals surface area contributed by atoms with Crippen molar-refractivity contribution in [1.82, 2.24) is 5.32 Å². The molecule has 3 N–H and O–H groups in total. The van der Waals surface area contributed by atoms with Crippen LogP contribution in [-0.4, -0.2) is 29.8 Å². The molecule has 0 fully saturated rings. The van der Waals surface area contributed by atoms with E-state index in [1.54, 1.807) is 0 Å². The molecule has 1 aromatic carbocycles. The fraction of sp³-hybridized carbons (Fsp3) is 0.250. The molecular weight excluding hydrogens is 268 g/mol. The van der Waals surface area contributed by atoms with Crippen molar-refractivity contribution in [2.45, 2.75) is 17.9 Å². The van der Waals surface area contributed by atoms with E-state index in [4.69, 9.17) is 10.5 Å². The number of rotatable bonds is 5. The third-order valence-corrected chi connectivity index (χ3v) is 3.01. The highest BCUT2D eigenvalue weighted by Gasteiger charge is 2.18. The Morgan fingerprint density at radius 2 is 1.95 bits per heavy atom. The zero-order valence-electron chi connectivity index (χ0n) is 10.3. The van der Waals surface area contributed by atoms with E-state index >= 15 is 0 Å². The summed E-state index contributed by atoms with van der Waals surface area (Å²) in [4.78, 5) is 34.1. The molecule has 0 aliphatic carbocycles. The summed E-state index contributed by atoms with van der Waals surface area (Å²) in [5.74, 6) is -1.20. The van der Waals surface area contributed by atoms with Crippen molar-refractivity contribution in [2.75, 3.05) is 5.75 Å². The number of hydrogen-bond donors (Lipinski definition) is 2. The highest BCUT2D eigenvalue weighted by atomic mass is 32.2. The van der Waals surface area contributed by atoms with Crippen LogP contribution >= 0.6 is 11.8 Å². The SMILES string of the molecule is CC(OC(=O)CSc1ccccc1)C(=O)NC(N)=O. The number of nitrogens with two attached hydrogens (primary N) is 1. The van der Waals surface area contributed by atoms with Gasteiger partial charge >= 0.3 is 12.0 Å². The zero-order chi connectivity index (χ0) is 14.3. The fourth-order valence-corrected chi connectivity index (χ4v) is 1.87. The monoisotopic (exact) mass is 282 g/mol. The number of benzene rings is 1. The molecule has 3 amide bonds. The minimum Gasteiger partial charge on any atom is -0.452 e. The molecule has 1 unspecified atom stereocenters. The molecule has 0 heterocycles. The maximum absolute atomic E-state index is 11.5. The number of thioether (sulfide) groups is 1. The molecule has 0 saturated heterocycles. The van der Waals surface area contributed by atoms with Gasteiger partial charge in [-0.15, -0.1) is 11.8 Å². The van der Waals surface area contributed by atoms with E-state index in [-0.39, 0.29) is 5.75 Å². The van der Waals surface area contributed by atoms with E-state index in [0.29, 0.717) is 0 Å². The first-order valence-corrected chi connectivity index (χ1v) is 6.45. The number of esters is 1. The fourth-order valence-electron chi connectivity index (χ4n) is 1.17. The maximum Gasteiger partial charge on any atom is 0.318 e. The normalized spacial score (nSPS) is 11.4. The number of carbonyl (C=O) groups is 3. The van der Waals surface area contributed by atoms with Gasteiger partial charge in [-0.1, -0.05) is 18.2 Å². The molecule has 102 valence electrons. The van der Waals surface area contributed by atoms with Crippen LogP contribution in [0.1, 0.15) is 6.92 Å². The van der Waals surface area contributed by atoms with E-state index in [9.17, 15) is 14.4 Å². The van der Waals surface area contributed by atoms with Crippen LogP contribution in [-0.2, 0) is 14.3 Å². The van der Waals surface area contributed by atoms with Crippen LogP contribution < -0.4 is 11.1 Å². The van der Waals surface area contributed by atoms with E-state index in [2.05, 4.69) is 0 Å². The predicted molar refractivity (Wildman–Crippen MR) is 70.4 cm³/mol. The Morgan fingerprint density at radius 3 is 2.53 bits per heavy atom. The predicted octanol–water partition coefficient (Wildman–Crippen LogP) is 0.905. The van der Waals surface area contributed by atoms with Gasteiger partial charge in [0.2, 0.25) is 0 Å². The lowest BCUT2D eigenvalue weighted by Crippen LogP contribution is -2.42. The minimum absolute atomic E-state index is 0.0816. The third kappa shape index (κ3) is 5.91. The minimum atomic E-state index is -1.06. The standard InChI is InChI=1S/C12H14N2O4S/c1-8(11(16)14-12(13)17)18-10(15)7-19-9-5-3-2-4-6-9/h2-6,8H,7H2,1H3,(H3,13,14,16,17). The third-order valence-electron chi connectivity index (χ3n) is 2.02. The van der Waals surface area contributed by atoms with E-state index < -0.39 is 24.0 Å². The van der Waals surface area contributed by atoms with Gasteiger partial charge in [-0.2, -0.15) is 0 Å². The summed E-state index contributed by atoms with van der Waals surface area (Å²) in [5.41, 5.74) is 4.78. The number of carbonyl (C=O) groups excluding carboxylic acids is 3. The number of nitrogens with one attached hydrogen (secondary N) is 1. The van der Waals surface area contributed by atoms with Crippen LogP contribution in [0.2, 0.25) is 0 Å². The van der Waals surface area contributed by atoms with Crippen LogP contribution in [0.25, 0.3) is 0 Å². The number of urea groups is 1. The van der Waals surface area contributed by atoms with Crippen LogP contribution in [0.4, 0.5) is 4.79 Å². The van der Waals surface area contributed by atoms with Crippen molar-refractivity contribution in [3.05, 3.63) is 30.3 Å². The first-order valence-electron chi connectivity index (χ1n) is 5.46. The maximum atomic E-state index is 11.5. The molecule has 0 aliphatic rings. The summed E-state index contributed by atoms with van der Waals surface area (Å²) >= 11 is 1.30. The van der Waals surface area contributed by atoms with Gasteiger partial charge in [0.15, 0.2) is 6.10 Å². The van der Waals surface area contributed by atoms with Crippen molar-refractivity contribution in [2.24, 2.45) is 5.73 Å². The van der Waals surface area contributed by atoms with E-state index in [0.717, 1.165) is 4.90 Å². The van der Waals surface area contributed by atoms with Crippen molar-refractivity contribution >= 4 is 29.7 Å². The van der Waals surface area contributed by atoms with E-state index in [1.165, 1.54) is 18.7 Å². The molecule has 19 heavy (non-hydrogen) atoms. The topological polar surface area (TPSA) is 98.5 Å². The lowest BCUT2D eigenvalue weighted by atomic mass is 10.4. The molecule has 7 heteroatoms. The quantitative estimate of drug-likeness (QED) is 0.617. The second kappa shape index (κ2) is 7.42. The molecule has 0 spiro atoms. The number of ether oxygens (including phenoxy) is 1. The molecule has 1 atom stereocenters. The number of imide groups is 1. The second-order valence-corrected chi connectivity index (χ2v) is 4.64. The summed E-state index contributed by atoms with van der Waals surface area (Å²) in [5, 5.41) is 1.84. The zero-order valence-corrected chi connectivity index (χ0v) is 11.1. The summed E-state index contributed by atoms with van der Waals surface area (Å²) in [6, 6.07) is 8.33. The van der Waals surface area contributed by atoms with Gasteiger partial charge in [0.05, 0.1) is 5.75 Å². The van der Waals surface area contributed by atoms with Gasteiger partial charge in [-0.25, -0.2) is 4.79 Å². The molecule has 1 rings (SSSR count). The molecule has 0 saturated carbocycles. The Morgan fingerprint density at radius 1 is 1.32 bits per heavy atom. The largest absolute Gasteiger partial charge is 0.452 e. The van der Waals surface area contributed by atoms with Crippen molar-refractivity contribution in [1.29, 1.82) is 0 Å². The first-order chi connectivity index (χ1) is 8.99. The average Bonchev–Trinajstić information content (AvgIpc) is 2.36. The molecular formula is C12H14N2O4S. The lowest BCUT2D eigenvalue weighted by Gasteiger charge is -2.11. The smallest absolute Gasteiger partial charge is 0.318 e. The van der Waals surface area contributed by atoms with Crippen LogP contribution in [0, 0.1) is 0 Å². The lowest BCUT2D eigenvalue weighted by molar-refractivity contribution is -0.151. The molecule has 0 radical (unpaired) electrons. The molecule has 1 aromatic rings. The molecule has 0 aliphatic heterocycles. The van der Waals surface area contributed by atoms with Crippen molar-refractivity contribution in [3.8, 4) is 0 Å². The number of primary amides is 1. The second-order valence-electron chi connectivity index (χ2n) is 3.59. The van der Waals surface area contributed by atoms with Gasteiger partial charge in [-0.05, 0) is 19.1 Å². The molecule has 6 nitrogen and oxygen atoms in total. The van der Waals surface area contributed by atoms with Gasteiger partial charge in [-0.3, -0.25) is 14.9 Å². The summed E-state index contributed by atoms with van der Waals surface area (Å²) in [6.07, 6.45) is -1.06. The Bertz CT molecular complexity index is 464. The number of hydrogen-bond acceptors (Lipinski definition) is 5. The highest BCUT2D eigenvalue weighted by molar-refractivity contribution is 8.00. The Hall–Kier alpha value is -2.02. The van der Waals surface area contributed by atoms with Crippen LogP contribution in [0.3, 0.4) is 0 Å². The molecule has 0 aromatic heterocycles. The van der Waals surface area contributed by atoms with Gasteiger partial charge in [0, 0.05) is 4.90 Å². The van der Waals surface area contributed by atoms with E-state index in [1.807, 2.05) is 35.6 Å². The Balaban J connectivity index is 2.35. The van der Waals surface area contributed by atoms with Gasteiger partial charge in [0.1, 0.15) is 0 Å². The van der Waals surface area contributed by atoms with Gasteiger partial charge in [0.25, 0.3) is 5.91 Å². The summed E-state index contributed by atoms with van der Waals surface area (Å²) in [7, 11) is 0. The highest BCUT2D eigenvalue weighted by Crippen LogP contribution is 2.17. The van der Waals surface area contributed by atoms with Crippen molar-refractivity contribution in [3.63, 3.8) is 0 Å². The molecule has 0 bridgehead atoms. The Labute approximate surface area is 114 Å². The first kappa shape index (κ1) is 15.0. The summed E-state index contributed by atoms with van der Waals surface area (Å²) < 4.78 is 4.86. The van der Waals surface area contributed by atoms with Crippen LogP contribution in [0.15, 0.2) is 35.2 Å². The van der Waals surface area contributed by atoms with Crippen LogP contribution in [0.5, 0.6) is 0 Å². The number of amides is 3. The summed E-state index contributed by atoms with van der Waals surface area (Å²) in [6.45, 7) is 1.36. The van der Waals surface area contributed by atoms with Crippen molar-refractivity contribution < 1.29 is 19.1 Å². The Kier molecular flexibility index (Phi) is 5.87. The average molecular weight is 282 g/mol.